The summed E-state index contributed by atoms with van der Waals surface area (Å²) in [6, 6.07) is 7.50. The SMILES string of the molecule is Cc1occc1C(=O)N1Cc2ccnn2C(COCc2cccnc2)C1. The standard InChI is InChI=1S/C19H20N4O3/c1-14-18(5-8-26-14)19(24)22-10-16-4-7-21-23(16)17(11-22)13-25-12-15-3-2-6-20-9-15/h2-9,17H,10-13H2,1H3. The Morgan fingerprint density at radius 3 is 3.04 bits per heavy atom. The highest BCUT2D eigenvalue weighted by atomic mass is 16.5. The molecule has 0 aliphatic carbocycles. The molecule has 1 atom stereocenters. The lowest BCUT2D eigenvalue weighted by Crippen LogP contribution is -2.42. The van der Waals surface area contributed by atoms with Crippen molar-refractivity contribution in [1.29, 1.82) is 0 Å². The molecule has 1 amide bonds. The number of hydrogen-bond acceptors (Lipinski definition) is 5. The predicted molar refractivity (Wildman–Crippen MR) is 93.3 cm³/mol. The molecule has 0 spiro atoms. The minimum atomic E-state index is -0.0269. The number of nitrogens with zero attached hydrogens (tertiary/aromatic N) is 4. The smallest absolute Gasteiger partial charge is 0.257 e. The van der Waals surface area contributed by atoms with Crippen molar-refractivity contribution in [1.82, 2.24) is 19.7 Å². The number of hydrogen-bond donors (Lipinski definition) is 0. The van der Waals surface area contributed by atoms with Crippen LogP contribution < -0.4 is 0 Å². The maximum Gasteiger partial charge on any atom is 0.257 e. The van der Waals surface area contributed by atoms with Gasteiger partial charge in [0.25, 0.3) is 5.91 Å². The van der Waals surface area contributed by atoms with Crippen LogP contribution in [0.1, 0.15) is 33.4 Å². The minimum Gasteiger partial charge on any atom is -0.469 e. The van der Waals surface area contributed by atoms with Crippen molar-refractivity contribution in [2.75, 3.05) is 13.2 Å². The van der Waals surface area contributed by atoms with Crippen LogP contribution in [0.15, 0.2) is 53.5 Å². The largest absolute Gasteiger partial charge is 0.469 e. The van der Waals surface area contributed by atoms with Crippen LogP contribution in [0.4, 0.5) is 0 Å². The molecule has 1 aliphatic rings. The van der Waals surface area contributed by atoms with Gasteiger partial charge in [-0.2, -0.15) is 5.10 Å². The van der Waals surface area contributed by atoms with Gasteiger partial charge in [0.15, 0.2) is 0 Å². The first-order chi connectivity index (χ1) is 12.7. The van der Waals surface area contributed by atoms with E-state index in [1.807, 2.05) is 27.8 Å². The molecule has 26 heavy (non-hydrogen) atoms. The number of carbonyl (C=O) groups excluding carboxylic acids is 1. The molecule has 4 rings (SSSR count). The number of furan rings is 1. The Morgan fingerprint density at radius 2 is 2.27 bits per heavy atom. The summed E-state index contributed by atoms with van der Waals surface area (Å²) in [5.41, 5.74) is 2.62. The molecule has 3 aromatic heterocycles. The molecule has 0 bridgehead atoms. The molecule has 0 aromatic carbocycles. The first-order valence-corrected chi connectivity index (χ1v) is 8.55. The van der Waals surface area contributed by atoms with E-state index >= 15 is 0 Å². The molecular weight excluding hydrogens is 332 g/mol. The first-order valence-electron chi connectivity index (χ1n) is 8.55. The Labute approximate surface area is 151 Å². The average molecular weight is 352 g/mol. The van der Waals surface area contributed by atoms with Crippen molar-refractivity contribution in [2.45, 2.75) is 26.1 Å². The van der Waals surface area contributed by atoms with Gasteiger partial charge in [0.05, 0.1) is 43.3 Å². The second kappa shape index (κ2) is 7.13. The molecule has 1 aliphatic heterocycles. The fourth-order valence-corrected chi connectivity index (χ4v) is 3.24. The van der Waals surface area contributed by atoms with Crippen LogP contribution in [0, 0.1) is 6.92 Å². The van der Waals surface area contributed by atoms with E-state index in [1.165, 1.54) is 0 Å². The Morgan fingerprint density at radius 1 is 1.35 bits per heavy atom. The molecule has 3 aromatic rings. The molecule has 134 valence electrons. The number of amides is 1. The van der Waals surface area contributed by atoms with Gasteiger partial charge in [-0.05, 0) is 30.7 Å². The topological polar surface area (TPSA) is 73.4 Å². The van der Waals surface area contributed by atoms with E-state index in [0.29, 0.717) is 37.6 Å². The van der Waals surface area contributed by atoms with Gasteiger partial charge in [0.2, 0.25) is 0 Å². The third-order valence-corrected chi connectivity index (χ3v) is 4.56. The fourth-order valence-electron chi connectivity index (χ4n) is 3.24. The normalized spacial score (nSPS) is 16.5. The van der Waals surface area contributed by atoms with E-state index in [0.717, 1.165) is 11.3 Å². The monoisotopic (exact) mass is 352 g/mol. The summed E-state index contributed by atoms with van der Waals surface area (Å²) >= 11 is 0. The number of fused-ring (bicyclic) bond motifs is 1. The second-order valence-corrected chi connectivity index (χ2v) is 6.37. The van der Waals surface area contributed by atoms with Gasteiger partial charge in [-0.1, -0.05) is 6.07 Å². The van der Waals surface area contributed by atoms with Crippen LogP contribution in [0.25, 0.3) is 0 Å². The van der Waals surface area contributed by atoms with Gasteiger partial charge in [-0.3, -0.25) is 14.5 Å². The lowest BCUT2D eigenvalue weighted by molar-refractivity contribution is 0.0446. The predicted octanol–water partition coefficient (Wildman–Crippen LogP) is 2.59. The lowest BCUT2D eigenvalue weighted by atomic mass is 10.1. The molecule has 0 N–H and O–H groups in total. The molecule has 0 fully saturated rings. The lowest BCUT2D eigenvalue weighted by Gasteiger charge is -2.33. The number of pyridine rings is 1. The summed E-state index contributed by atoms with van der Waals surface area (Å²) in [6.45, 7) is 3.83. The third-order valence-electron chi connectivity index (χ3n) is 4.56. The summed E-state index contributed by atoms with van der Waals surface area (Å²) in [7, 11) is 0. The number of aryl methyl sites for hydroxylation is 1. The van der Waals surface area contributed by atoms with Crippen LogP contribution >= 0.6 is 0 Å². The van der Waals surface area contributed by atoms with Gasteiger partial charge in [-0.25, -0.2) is 0 Å². The van der Waals surface area contributed by atoms with E-state index in [1.54, 1.807) is 37.8 Å². The summed E-state index contributed by atoms with van der Waals surface area (Å²) in [5.74, 6) is 0.611. The maximum absolute atomic E-state index is 12.8. The highest BCUT2D eigenvalue weighted by Gasteiger charge is 2.30. The summed E-state index contributed by atoms with van der Waals surface area (Å²) < 4.78 is 13.1. The van der Waals surface area contributed by atoms with E-state index in [4.69, 9.17) is 9.15 Å². The van der Waals surface area contributed by atoms with E-state index in [9.17, 15) is 4.79 Å². The Kier molecular flexibility index (Phi) is 4.53. The van der Waals surface area contributed by atoms with Crippen molar-refractivity contribution < 1.29 is 13.9 Å². The summed E-state index contributed by atoms with van der Waals surface area (Å²) in [5, 5.41) is 4.41. The zero-order chi connectivity index (χ0) is 17.9. The van der Waals surface area contributed by atoms with Crippen LogP contribution in [0.2, 0.25) is 0 Å². The first kappa shape index (κ1) is 16.5. The molecule has 1 unspecified atom stereocenters. The molecule has 7 heteroatoms. The molecule has 7 nitrogen and oxygen atoms in total. The highest BCUT2D eigenvalue weighted by molar-refractivity contribution is 5.95. The van der Waals surface area contributed by atoms with Crippen molar-refractivity contribution in [2.24, 2.45) is 0 Å². The van der Waals surface area contributed by atoms with E-state index in [-0.39, 0.29) is 11.9 Å². The molecular formula is C19H20N4O3. The van der Waals surface area contributed by atoms with E-state index < -0.39 is 0 Å². The zero-order valence-corrected chi connectivity index (χ0v) is 14.5. The van der Waals surface area contributed by atoms with Crippen molar-refractivity contribution in [3.05, 3.63) is 71.7 Å². The molecule has 4 heterocycles. The fraction of sp³-hybridized carbons (Fsp3) is 0.316. The minimum absolute atomic E-state index is 0.0263. The summed E-state index contributed by atoms with van der Waals surface area (Å²) in [4.78, 5) is 18.8. The van der Waals surface area contributed by atoms with Crippen LogP contribution in [0.5, 0.6) is 0 Å². The number of carbonyl (C=O) groups is 1. The number of aromatic nitrogens is 3. The summed E-state index contributed by atoms with van der Waals surface area (Å²) in [6.07, 6.45) is 6.84. The highest BCUT2D eigenvalue weighted by Crippen LogP contribution is 2.23. The van der Waals surface area contributed by atoms with Gasteiger partial charge < -0.3 is 14.1 Å². The molecule has 0 saturated heterocycles. The van der Waals surface area contributed by atoms with Crippen LogP contribution in [0.3, 0.4) is 0 Å². The van der Waals surface area contributed by atoms with Crippen LogP contribution in [-0.4, -0.2) is 38.7 Å². The van der Waals surface area contributed by atoms with Gasteiger partial charge in [-0.15, -0.1) is 0 Å². The molecule has 0 saturated carbocycles. The maximum atomic E-state index is 12.8. The Bertz CT molecular complexity index is 887. The Balaban J connectivity index is 1.46. The quantitative estimate of drug-likeness (QED) is 0.706. The van der Waals surface area contributed by atoms with Crippen molar-refractivity contribution in [3.63, 3.8) is 0 Å². The van der Waals surface area contributed by atoms with Crippen LogP contribution in [-0.2, 0) is 17.9 Å². The molecule has 0 radical (unpaired) electrons. The van der Waals surface area contributed by atoms with E-state index in [2.05, 4.69) is 10.1 Å². The van der Waals surface area contributed by atoms with Gasteiger partial charge in [0.1, 0.15) is 5.76 Å². The van der Waals surface area contributed by atoms with Crippen molar-refractivity contribution in [3.8, 4) is 0 Å². The second-order valence-electron chi connectivity index (χ2n) is 6.37. The van der Waals surface area contributed by atoms with Crippen molar-refractivity contribution >= 4 is 5.91 Å². The number of ether oxygens (including phenoxy) is 1. The van der Waals surface area contributed by atoms with Gasteiger partial charge in [0, 0.05) is 25.1 Å². The Hall–Kier alpha value is -2.93. The van der Waals surface area contributed by atoms with Gasteiger partial charge >= 0.3 is 0 Å². The zero-order valence-electron chi connectivity index (χ0n) is 14.5. The average Bonchev–Trinajstić information content (AvgIpc) is 3.30. The third kappa shape index (κ3) is 3.25. The number of rotatable bonds is 5.